The van der Waals surface area contributed by atoms with Gasteiger partial charge in [0.05, 0.1) is 17.4 Å². The summed E-state index contributed by atoms with van der Waals surface area (Å²) < 4.78 is 48.1. The lowest BCUT2D eigenvalue weighted by atomic mass is 9.98. The van der Waals surface area contributed by atoms with Crippen molar-refractivity contribution in [2.45, 2.75) is 30.3 Å². The first kappa shape index (κ1) is 19.0. The van der Waals surface area contributed by atoms with Gasteiger partial charge in [-0.05, 0) is 25.0 Å². The highest BCUT2D eigenvalue weighted by atomic mass is 32.2. The summed E-state index contributed by atoms with van der Waals surface area (Å²) in [6.07, 6.45) is 0.198. The van der Waals surface area contributed by atoms with Gasteiger partial charge < -0.3 is 18.9 Å². The molecule has 3 aliphatic heterocycles. The van der Waals surface area contributed by atoms with E-state index in [0.29, 0.717) is 44.0 Å². The van der Waals surface area contributed by atoms with E-state index in [1.807, 2.05) is 0 Å². The number of nitrogens with zero attached hydrogens (tertiary/aromatic N) is 1. The van der Waals surface area contributed by atoms with Crippen molar-refractivity contribution in [2.24, 2.45) is 5.92 Å². The van der Waals surface area contributed by atoms with Gasteiger partial charge in [0.1, 0.15) is 13.2 Å². The minimum atomic E-state index is -3.70. The summed E-state index contributed by atoms with van der Waals surface area (Å²) in [5.74, 6) is -0.487. The number of sulfonamides is 1. The number of ether oxygens (including phenoxy) is 4. The Labute approximate surface area is 162 Å². The van der Waals surface area contributed by atoms with Crippen molar-refractivity contribution in [2.75, 3.05) is 32.9 Å². The summed E-state index contributed by atoms with van der Waals surface area (Å²) in [7, 11) is -3.70. The van der Waals surface area contributed by atoms with E-state index in [4.69, 9.17) is 18.9 Å². The SMILES string of the molecule is O=C(O[C@H]1CCOC1=O)C1CCN(S(=O)(=O)c2ccc3c(c2)OCCO3)CC1. The number of carbonyl (C=O) groups is 2. The summed E-state index contributed by atoms with van der Waals surface area (Å²) in [5.41, 5.74) is 0. The van der Waals surface area contributed by atoms with Crippen LogP contribution in [0.25, 0.3) is 0 Å². The first-order valence-electron chi connectivity index (χ1n) is 9.22. The highest BCUT2D eigenvalue weighted by Gasteiger charge is 2.36. The van der Waals surface area contributed by atoms with Crippen molar-refractivity contribution in [3.8, 4) is 11.5 Å². The van der Waals surface area contributed by atoms with Gasteiger partial charge in [-0.1, -0.05) is 0 Å². The minimum Gasteiger partial charge on any atom is -0.486 e. The van der Waals surface area contributed by atoms with Gasteiger partial charge in [-0.15, -0.1) is 0 Å². The van der Waals surface area contributed by atoms with Crippen LogP contribution in [0, 0.1) is 5.92 Å². The van der Waals surface area contributed by atoms with Crippen molar-refractivity contribution >= 4 is 22.0 Å². The van der Waals surface area contributed by atoms with E-state index >= 15 is 0 Å². The molecule has 10 heteroatoms. The Morgan fingerprint density at radius 1 is 1.00 bits per heavy atom. The van der Waals surface area contributed by atoms with Crippen molar-refractivity contribution in [3.63, 3.8) is 0 Å². The third-order valence-corrected chi connectivity index (χ3v) is 6.98. The van der Waals surface area contributed by atoms with E-state index in [-0.39, 0.29) is 24.6 Å². The molecular weight excluding hydrogens is 390 g/mol. The van der Waals surface area contributed by atoms with Gasteiger partial charge in [0.15, 0.2) is 11.5 Å². The number of fused-ring (bicyclic) bond motifs is 1. The zero-order valence-corrected chi connectivity index (χ0v) is 16.0. The van der Waals surface area contributed by atoms with Crippen LogP contribution in [0.2, 0.25) is 0 Å². The molecule has 3 heterocycles. The molecule has 0 radical (unpaired) electrons. The zero-order chi connectivity index (χ0) is 19.7. The van der Waals surface area contributed by atoms with Gasteiger partial charge in [-0.2, -0.15) is 4.31 Å². The lowest BCUT2D eigenvalue weighted by Gasteiger charge is -2.30. The molecule has 3 aliphatic rings. The summed E-state index contributed by atoms with van der Waals surface area (Å²) >= 11 is 0. The number of hydrogen-bond donors (Lipinski definition) is 0. The summed E-state index contributed by atoms with van der Waals surface area (Å²) in [6, 6.07) is 4.55. The maximum atomic E-state index is 12.9. The molecular formula is C18H21NO8S. The quantitative estimate of drug-likeness (QED) is 0.667. The smallest absolute Gasteiger partial charge is 0.347 e. The van der Waals surface area contributed by atoms with Crippen LogP contribution in [0.3, 0.4) is 0 Å². The van der Waals surface area contributed by atoms with E-state index in [9.17, 15) is 18.0 Å². The molecule has 1 aromatic carbocycles. The third-order valence-electron chi connectivity index (χ3n) is 5.08. The molecule has 2 saturated heterocycles. The Bertz CT molecular complexity index is 876. The van der Waals surface area contributed by atoms with Crippen molar-refractivity contribution in [1.29, 1.82) is 0 Å². The second kappa shape index (κ2) is 7.59. The monoisotopic (exact) mass is 411 g/mol. The van der Waals surface area contributed by atoms with Gasteiger partial charge in [0.2, 0.25) is 16.1 Å². The van der Waals surface area contributed by atoms with Crippen LogP contribution in [-0.4, -0.2) is 63.7 Å². The van der Waals surface area contributed by atoms with Crippen LogP contribution >= 0.6 is 0 Å². The first-order valence-corrected chi connectivity index (χ1v) is 10.7. The van der Waals surface area contributed by atoms with Crippen molar-refractivity contribution < 1.29 is 37.0 Å². The standard InChI is InChI=1S/C18H21NO8S/c20-17(27-15-5-8-26-18(15)21)12-3-6-19(7-4-12)28(22,23)13-1-2-14-16(11-13)25-10-9-24-14/h1-2,11-12,15H,3-10H2/t15-/m0/s1. The Hall–Kier alpha value is -2.33. The highest BCUT2D eigenvalue weighted by Crippen LogP contribution is 2.34. The van der Waals surface area contributed by atoms with E-state index < -0.39 is 34.0 Å². The fourth-order valence-electron chi connectivity index (χ4n) is 3.49. The molecule has 0 aliphatic carbocycles. The average Bonchev–Trinajstić information content (AvgIpc) is 3.12. The molecule has 4 rings (SSSR count). The van der Waals surface area contributed by atoms with Crippen LogP contribution in [0.5, 0.6) is 11.5 Å². The van der Waals surface area contributed by atoms with E-state index in [2.05, 4.69) is 0 Å². The van der Waals surface area contributed by atoms with E-state index in [0.717, 1.165) is 0 Å². The lowest BCUT2D eigenvalue weighted by Crippen LogP contribution is -2.41. The molecule has 0 aromatic heterocycles. The van der Waals surface area contributed by atoms with Crippen LogP contribution in [0.4, 0.5) is 0 Å². The Kier molecular flexibility index (Phi) is 5.15. The minimum absolute atomic E-state index is 0.131. The molecule has 0 bridgehead atoms. The summed E-state index contributed by atoms with van der Waals surface area (Å²) in [4.78, 5) is 23.8. The summed E-state index contributed by atoms with van der Waals surface area (Å²) in [5, 5.41) is 0. The number of piperidine rings is 1. The molecule has 2 fully saturated rings. The topological polar surface area (TPSA) is 108 Å². The maximum Gasteiger partial charge on any atom is 0.347 e. The molecule has 0 saturated carbocycles. The summed E-state index contributed by atoms with van der Waals surface area (Å²) in [6.45, 7) is 1.46. The van der Waals surface area contributed by atoms with Crippen molar-refractivity contribution in [3.05, 3.63) is 18.2 Å². The Morgan fingerprint density at radius 3 is 2.39 bits per heavy atom. The number of cyclic esters (lactones) is 1. The Morgan fingerprint density at radius 2 is 1.71 bits per heavy atom. The number of benzene rings is 1. The Balaban J connectivity index is 1.38. The second-order valence-corrected chi connectivity index (χ2v) is 8.80. The van der Waals surface area contributed by atoms with Crippen molar-refractivity contribution in [1.82, 2.24) is 4.31 Å². The highest BCUT2D eigenvalue weighted by molar-refractivity contribution is 7.89. The zero-order valence-electron chi connectivity index (χ0n) is 15.2. The maximum absolute atomic E-state index is 12.9. The fraction of sp³-hybridized carbons (Fsp3) is 0.556. The molecule has 152 valence electrons. The molecule has 1 atom stereocenters. The number of hydrogen-bond acceptors (Lipinski definition) is 8. The van der Waals surface area contributed by atoms with Crippen LogP contribution < -0.4 is 9.47 Å². The predicted molar refractivity (Wildman–Crippen MR) is 94.4 cm³/mol. The first-order chi connectivity index (χ1) is 13.4. The van der Waals surface area contributed by atoms with Gasteiger partial charge in [0, 0.05) is 25.6 Å². The largest absolute Gasteiger partial charge is 0.486 e. The molecule has 1 aromatic rings. The van der Waals surface area contributed by atoms with Crippen LogP contribution in [0.15, 0.2) is 23.1 Å². The van der Waals surface area contributed by atoms with Crippen LogP contribution in [-0.2, 0) is 29.1 Å². The molecule has 28 heavy (non-hydrogen) atoms. The number of esters is 2. The van der Waals surface area contributed by atoms with Gasteiger partial charge >= 0.3 is 11.9 Å². The molecule has 0 spiro atoms. The second-order valence-electron chi connectivity index (χ2n) is 6.87. The normalized spacial score (nSPS) is 23.3. The third kappa shape index (κ3) is 3.66. The van der Waals surface area contributed by atoms with Gasteiger partial charge in [-0.3, -0.25) is 4.79 Å². The lowest BCUT2D eigenvalue weighted by molar-refractivity contribution is -0.164. The number of carbonyl (C=O) groups excluding carboxylic acids is 2. The number of rotatable bonds is 4. The average molecular weight is 411 g/mol. The van der Waals surface area contributed by atoms with E-state index in [1.54, 1.807) is 6.07 Å². The molecule has 0 amide bonds. The molecule has 9 nitrogen and oxygen atoms in total. The van der Waals surface area contributed by atoms with Crippen LogP contribution in [0.1, 0.15) is 19.3 Å². The van der Waals surface area contributed by atoms with Gasteiger partial charge in [0.25, 0.3) is 0 Å². The predicted octanol–water partition coefficient (Wildman–Crippen LogP) is 0.717. The van der Waals surface area contributed by atoms with E-state index in [1.165, 1.54) is 16.4 Å². The fourth-order valence-corrected chi connectivity index (χ4v) is 4.97. The molecule has 0 unspecified atom stereocenters. The molecule has 0 N–H and O–H groups in total. The van der Waals surface area contributed by atoms with Gasteiger partial charge in [-0.25, -0.2) is 13.2 Å².